The summed E-state index contributed by atoms with van der Waals surface area (Å²) in [7, 11) is 0. The summed E-state index contributed by atoms with van der Waals surface area (Å²) in [5.74, 6) is 0.471. The number of rotatable bonds is 5. The number of aliphatic hydroxyl groups excluding tert-OH is 1. The molecule has 5 heteroatoms. The van der Waals surface area contributed by atoms with E-state index in [1.807, 2.05) is 4.52 Å². The van der Waals surface area contributed by atoms with Crippen LogP contribution in [0.4, 0.5) is 0 Å². The third-order valence-electron chi connectivity index (χ3n) is 4.58. The van der Waals surface area contributed by atoms with Crippen molar-refractivity contribution in [2.75, 3.05) is 0 Å². The first-order valence-corrected chi connectivity index (χ1v) is 8.97. The number of benzene rings is 1. The van der Waals surface area contributed by atoms with Crippen LogP contribution in [-0.2, 0) is 6.61 Å². The van der Waals surface area contributed by atoms with E-state index in [0.717, 1.165) is 39.8 Å². The van der Waals surface area contributed by atoms with Crippen molar-refractivity contribution in [1.82, 2.24) is 14.6 Å². The van der Waals surface area contributed by atoms with Gasteiger partial charge in [-0.25, -0.2) is 9.50 Å². The molecule has 1 aromatic carbocycles. The van der Waals surface area contributed by atoms with E-state index in [1.54, 1.807) is 11.3 Å². The maximum atomic E-state index is 9.86. The Morgan fingerprint density at radius 3 is 2.52 bits per heavy atom. The smallest absolute Gasteiger partial charge is 0.213 e. The van der Waals surface area contributed by atoms with Gasteiger partial charge in [0.05, 0.1) is 18.0 Å². The van der Waals surface area contributed by atoms with Gasteiger partial charge < -0.3 is 5.11 Å². The molecule has 0 unspecified atom stereocenters. The zero-order valence-corrected chi connectivity index (χ0v) is 14.9. The van der Waals surface area contributed by atoms with Gasteiger partial charge in [0.1, 0.15) is 5.01 Å². The number of nitrogens with zero attached hydrogens (tertiary/aromatic N) is 3. The molecule has 3 aromatic rings. The molecule has 0 bridgehead atoms. The Balaban J connectivity index is 2.11. The fourth-order valence-electron chi connectivity index (χ4n) is 2.87. The second-order valence-corrected chi connectivity index (χ2v) is 7.00. The summed E-state index contributed by atoms with van der Waals surface area (Å²) in [6.07, 6.45) is 2.15. The van der Waals surface area contributed by atoms with Crippen LogP contribution in [0.25, 0.3) is 16.2 Å². The van der Waals surface area contributed by atoms with E-state index in [2.05, 4.69) is 45.9 Å². The fourth-order valence-corrected chi connectivity index (χ4v) is 4.05. The Hall–Kier alpha value is -1.72. The number of aliphatic hydroxyl groups is 1. The molecule has 0 amide bonds. The van der Waals surface area contributed by atoms with E-state index in [0.29, 0.717) is 5.92 Å². The van der Waals surface area contributed by atoms with E-state index in [9.17, 15) is 5.11 Å². The SMILES string of the molecule is CCC(CC)c1nn2c(CO)c(-c3ccc(C)c(C)c3)nc2s1. The van der Waals surface area contributed by atoms with Gasteiger partial charge in [0, 0.05) is 11.5 Å². The molecule has 0 aliphatic carbocycles. The summed E-state index contributed by atoms with van der Waals surface area (Å²) in [4.78, 5) is 5.62. The molecule has 0 aliphatic rings. The first-order valence-electron chi connectivity index (χ1n) is 8.15. The van der Waals surface area contributed by atoms with E-state index >= 15 is 0 Å². The van der Waals surface area contributed by atoms with Gasteiger partial charge in [-0.15, -0.1) is 0 Å². The van der Waals surface area contributed by atoms with Crippen molar-refractivity contribution in [1.29, 1.82) is 0 Å². The Morgan fingerprint density at radius 1 is 1.17 bits per heavy atom. The van der Waals surface area contributed by atoms with Crippen molar-refractivity contribution in [2.24, 2.45) is 0 Å². The predicted molar refractivity (Wildman–Crippen MR) is 95.0 cm³/mol. The number of fused-ring (bicyclic) bond motifs is 1. The largest absolute Gasteiger partial charge is 0.390 e. The highest BCUT2D eigenvalue weighted by Crippen LogP contribution is 2.32. The maximum Gasteiger partial charge on any atom is 0.213 e. The Morgan fingerprint density at radius 2 is 1.91 bits per heavy atom. The second-order valence-electron chi connectivity index (χ2n) is 6.01. The van der Waals surface area contributed by atoms with Crippen LogP contribution in [0.2, 0.25) is 0 Å². The molecule has 0 atom stereocenters. The van der Waals surface area contributed by atoms with Crippen LogP contribution >= 0.6 is 11.3 Å². The van der Waals surface area contributed by atoms with Gasteiger partial charge in [-0.3, -0.25) is 0 Å². The van der Waals surface area contributed by atoms with Gasteiger partial charge in [-0.1, -0.05) is 37.3 Å². The van der Waals surface area contributed by atoms with Crippen LogP contribution in [0.3, 0.4) is 0 Å². The van der Waals surface area contributed by atoms with Gasteiger partial charge in [-0.05, 0) is 43.9 Å². The van der Waals surface area contributed by atoms with Crippen LogP contribution in [0.5, 0.6) is 0 Å². The summed E-state index contributed by atoms with van der Waals surface area (Å²) < 4.78 is 1.82. The molecule has 23 heavy (non-hydrogen) atoms. The molecule has 122 valence electrons. The second kappa shape index (κ2) is 6.42. The first-order chi connectivity index (χ1) is 11.1. The number of imidazole rings is 1. The number of aromatic nitrogens is 3. The molecule has 3 rings (SSSR count). The van der Waals surface area contributed by atoms with E-state index in [1.165, 1.54) is 11.1 Å². The summed E-state index contributed by atoms with van der Waals surface area (Å²) in [6, 6.07) is 6.29. The lowest BCUT2D eigenvalue weighted by atomic mass is 10.0. The van der Waals surface area contributed by atoms with Crippen LogP contribution in [0.1, 0.15) is 54.4 Å². The zero-order chi connectivity index (χ0) is 16.6. The average molecular weight is 329 g/mol. The third kappa shape index (κ3) is 2.79. The molecule has 2 heterocycles. The van der Waals surface area contributed by atoms with Crippen LogP contribution in [-0.4, -0.2) is 19.7 Å². The zero-order valence-electron chi connectivity index (χ0n) is 14.1. The van der Waals surface area contributed by atoms with E-state index in [-0.39, 0.29) is 6.61 Å². The van der Waals surface area contributed by atoms with Gasteiger partial charge in [0.15, 0.2) is 0 Å². The number of hydrogen-bond acceptors (Lipinski definition) is 4. The molecule has 4 nitrogen and oxygen atoms in total. The van der Waals surface area contributed by atoms with Crippen molar-refractivity contribution in [3.63, 3.8) is 0 Å². The van der Waals surface area contributed by atoms with Crippen molar-refractivity contribution in [3.05, 3.63) is 40.0 Å². The minimum atomic E-state index is -0.0600. The lowest BCUT2D eigenvalue weighted by Crippen LogP contribution is -2.00. The highest BCUT2D eigenvalue weighted by molar-refractivity contribution is 7.16. The molecule has 2 aromatic heterocycles. The Labute approximate surface area is 140 Å². The molecular weight excluding hydrogens is 306 g/mol. The topological polar surface area (TPSA) is 50.4 Å². The minimum Gasteiger partial charge on any atom is -0.390 e. The Kier molecular flexibility index (Phi) is 4.50. The molecule has 0 fully saturated rings. The van der Waals surface area contributed by atoms with Crippen molar-refractivity contribution in [2.45, 2.75) is 53.1 Å². The number of hydrogen-bond donors (Lipinski definition) is 1. The van der Waals surface area contributed by atoms with Crippen LogP contribution in [0, 0.1) is 13.8 Å². The molecule has 0 radical (unpaired) electrons. The van der Waals surface area contributed by atoms with Crippen LogP contribution in [0.15, 0.2) is 18.2 Å². The molecule has 0 saturated heterocycles. The number of aryl methyl sites for hydroxylation is 2. The van der Waals surface area contributed by atoms with E-state index in [4.69, 9.17) is 10.1 Å². The summed E-state index contributed by atoms with van der Waals surface area (Å²) >= 11 is 1.64. The standard InChI is InChI=1S/C18H23N3OS/c1-5-13(6-2)17-20-21-15(10-22)16(19-18(21)23-17)14-8-7-11(3)12(4)9-14/h7-9,13,22H,5-6,10H2,1-4H3. The van der Waals surface area contributed by atoms with Crippen molar-refractivity contribution in [3.8, 4) is 11.3 Å². The van der Waals surface area contributed by atoms with Crippen molar-refractivity contribution >= 4 is 16.3 Å². The summed E-state index contributed by atoms with van der Waals surface area (Å²) in [5, 5.41) is 15.7. The molecule has 1 N–H and O–H groups in total. The highest BCUT2D eigenvalue weighted by Gasteiger charge is 2.20. The lowest BCUT2D eigenvalue weighted by Gasteiger charge is -2.07. The first kappa shape index (κ1) is 16.1. The quantitative estimate of drug-likeness (QED) is 0.751. The predicted octanol–water partition coefficient (Wildman–Crippen LogP) is 4.47. The Bertz CT molecular complexity index is 830. The summed E-state index contributed by atoms with van der Waals surface area (Å²) in [6.45, 7) is 8.51. The third-order valence-corrected chi connectivity index (χ3v) is 5.65. The molecular formula is C18H23N3OS. The van der Waals surface area contributed by atoms with Gasteiger partial charge in [0.25, 0.3) is 0 Å². The average Bonchev–Trinajstić information content (AvgIpc) is 3.08. The molecule has 0 saturated carbocycles. The fraction of sp³-hybridized carbons (Fsp3) is 0.444. The highest BCUT2D eigenvalue weighted by atomic mass is 32.1. The molecule has 0 aliphatic heterocycles. The van der Waals surface area contributed by atoms with Crippen molar-refractivity contribution < 1.29 is 5.11 Å². The minimum absolute atomic E-state index is 0.0600. The van der Waals surface area contributed by atoms with Gasteiger partial charge in [0.2, 0.25) is 4.96 Å². The summed E-state index contributed by atoms with van der Waals surface area (Å²) in [5.41, 5.74) is 5.14. The maximum absolute atomic E-state index is 9.86. The lowest BCUT2D eigenvalue weighted by molar-refractivity contribution is 0.275. The van der Waals surface area contributed by atoms with Gasteiger partial charge >= 0.3 is 0 Å². The molecule has 0 spiro atoms. The van der Waals surface area contributed by atoms with Crippen LogP contribution < -0.4 is 0 Å². The van der Waals surface area contributed by atoms with E-state index < -0.39 is 0 Å². The normalized spacial score (nSPS) is 11.7. The van der Waals surface area contributed by atoms with Gasteiger partial charge in [-0.2, -0.15) is 5.10 Å². The monoisotopic (exact) mass is 329 g/mol.